The van der Waals surface area contributed by atoms with Crippen molar-refractivity contribution in [1.29, 1.82) is 0 Å². The number of rotatable bonds is 2. The van der Waals surface area contributed by atoms with E-state index in [1.165, 1.54) is 39.8 Å². The van der Waals surface area contributed by atoms with E-state index in [4.69, 9.17) is 0 Å². The van der Waals surface area contributed by atoms with Crippen LogP contribution in [0.1, 0.15) is 56.2 Å². The van der Waals surface area contributed by atoms with Gasteiger partial charge in [-0.25, -0.2) is 4.40 Å². The van der Waals surface area contributed by atoms with E-state index in [1.807, 2.05) is 0 Å². The van der Waals surface area contributed by atoms with Crippen molar-refractivity contribution >= 4 is 23.5 Å². The molecule has 0 aromatic heterocycles. The van der Waals surface area contributed by atoms with Crippen molar-refractivity contribution in [2.75, 3.05) is 4.90 Å². The van der Waals surface area contributed by atoms with Gasteiger partial charge in [-0.3, -0.25) is 0 Å². The molecule has 0 fully saturated rings. The van der Waals surface area contributed by atoms with Gasteiger partial charge in [-0.15, -0.1) is 5.56 Å². The SMILES string of the molecule is CC(C)c1ccc2c(c1)C1=NS[CH-]N1c1[c-]cc(C(C)C)cc1-2.[Ir]. The Labute approximate surface area is 162 Å². The fourth-order valence-electron chi connectivity index (χ4n) is 3.14. The van der Waals surface area contributed by atoms with Gasteiger partial charge in [-0.05, 0) is 17.5 Å². The van der Waals surface area contributed by atoms with E-state index in [0.717, 1.165) is 11.5 Å². The standard InChI is InChI=1S/C20H20N2S.Ir/c1-12(2)14-5-7-16-17-9-15(13(3)4)6-8-19(17)22-11-23-21-20(22)18(16)10-14;/h5-7,9-13H,1-4H3;/q-2;. The van der Waals surface area contributed by atoms with E-state index in [0.29, 0.717) is 11.8 Å². The van der Waals surface area contributed by atoms with Gasteiger partial charge in [0, 0.05) is 25.7 Å². The average molecular weight is 513 g/mol. The molecule has 2 nitrogen and oxygen atoms in total. The number of amidine groups is 1. The Morgan fingerprint density at radius 3 is 2.42 bits per heavy atom. The molecule has 0 amide bonds. The zero-order valence-corrected chi connectivity index (χ0v) is 17.5. The van der Waals surface area contributed by atoms with E-state index in [1.54, 1.807) is 0 Å². The molecular weight excluding hydrogens is 493 g/mol. The van der Waals surface area contributed by atoms with Crippen LogP contribution >= 0.6 is 11.9 Å². The second-order valence-electron chi connectivity index (χ2n) is 6.81. The average Bonchev–Trinajstić information content (AvgIpc) is 3.03. The van der Waals surface area contributed by atoms with Crippen LogP contribution in [-0.4, -0.2) is 5.84 Å². The van der Waals surface area contributed by atoms with Gasteiger partial charge in [0.2, 0.25) is 0 Å². The van der Waals surface area contributed by atoms with Gasteiger partial charge in [0.1, 0.15) is 5.84 Å². The molecular formula is C20H20IrN2S-2. The van der Waals surface area contributed by atoms with Gasteiger partial charge < -0.3 is 4.90 Å². The van der Waals surface area contributed by atoms with Gasteiger partial charge >= 0.3 is 0 Å². The topological polar surface area (TPSA) is 15.6 Å². The third-order valence-electron chi connectivity index (χ3n) is 4.61. The first-order valence-corrected chi connectivity index (χ1v) is 8.96. The Kier molecular flexibility index (Phi) is 4.92. The molecule has 2 aliphatic rings. The molecule has 0 atom stereocenters. The number of hydrogen-bond donors (Lipinski definition) is 0. The van der Waals surface area contributed by atoms with Crippen LogP contribution in [-0.2, 0) is 20.1 Å². The van der Waals surface area contributed by atoms with Crippen LogP contribution in [0.4, 0.5) is 5.69 Å². The largest absolute Gasteiger partial charge is 0.486 e. The minimum atomic E-state index is 0. The Morgan fingerprint density at radius 2 is 1.71 bits per heavy atom. The summed E-state index contributed by atoms with van der Waals surface area (Å²) in [5.41, 5.74) is 7.57. The minimum absolute atomic E-state index is 0. The summed E-state index contributed by atoms with van der Waals surface area (Å²) in [6.45, 7) is 8.92. The molecule has 0 N–H and O–H groups in total. The third-order valence-corrected chi connectivity index (χ3v) is 5.19. The van der Waals surface area contributed by atoms with Crippen molar-refractivity contribution < 1.29 is 20.1 Å². The maximum Gasteiger partial charge on any atom is 0.114 e. The molecule has 0 aliphatic carbocycles. The number of benzene rings is 2. The molecule has 2 aromatic carbocycles. The maximum atomic E-state index is 4.64. The van der Waals surface area contributed by atoms with Crippen LogP contribution in [0.5, 0.6) is 0 Å². The molecule has 24 heavy (non-hydrogen) atoms. The first-order valence-electron chi connectivity index (χ1n) is 8.13. The van der Waals surface area contributed by atoms with Crippen molar-refractivity contribution in [3.63, 3.8) is 0 Å². The van der Waals surface area contributed by atoms with E-state index >= 15 is 0 Å². The molecule has 0 bridgehead atoms. The molecule has 2 heterocycles. The van der Waals surface area contributed by atoms with Crippen LogP contribution in [0.3, 0.4) is 0 Å². The normalized spacial score (nSPS) is 14.9. The van der Waals surface area contributed by atoms with Crippen molar-refractivity contribution in [1.82, 2.24) is 0 Å². The van der Waals surface area contributed by atoms with E-state index in [9.17, 15) is 0 Å². The van der Waals surface area contributed by atoms with Gasteiger partial charge in [0.05, 0.1) is 0 Å². The van der Waals surface area contributed by atoms with E-state index < -0.39 is 0 Å². The van der Waals surface area contributed by atoms with Gasteiger partial charge in [-0.1, -0.05) is 57.0 Å². The summed E-state index contributed by atoms with van der Waals surface area (Å²) in [6, 6.07) is 14.7. The summed E-state index contributed by atoms with van der Waals surface area (Å²) >= 11 is 1.50. The van der Waals surface area contributed by atoms with Crippen molar-refractivity contribution in [3.8, 4) is 11.1 Å². The van der Waals surface area contributed by atoms with Crippen molar-refractivity contribution in [2.45, 2.75) is 39.5 Å². The fourth-order valence-corrected chi connectivity index (χ4v) is 3.77. The third kappa shape index (κ3) is 2.75. The predicted molar refractivity (Wildman–Crippen MR) is 99.8 cm³/mol. The number of hydrogen-bond acceptors (Lipinski definition) is 3. The summed E-state index contributed by atoms with van der Waals surface area (Å²) < 4.78 is 4.64. The second-order valence-corrected chi connectivity index (χ2v) is 7.41. The summed E-state index contributed by atoms with van der Waals surface area (Å²) in [5.74, 6) is 4.13. The zero-order valence-electron chi connectivity index (χ0n) is 14.3. The second kappa shape index (κ2) is 6.67. The van der Waals surface area contributed by atoms with Crippen LogP contribution in [0.2, 0.25) is 0 Å². The first kappa shape index (κ1) is 17.7. The molecule has 2 aliphatic heterocycles. The monoisotopic (exact) mass is 513 g/mol. The van der Waals surface area contributed by atoms with Crippen LogP contribution in [0, 0.1) is 11.9 Å². The van der Waals surface area contributed by atoms with E-state index in [2.05, 4.69) is 79.3 Å². The molecule has 0 spiro atoms. The van der Waals surface area contributed by atoms with Gasteiger partial charge in [0.15, 0.2) is 0 Å². The molecule has 0 saturated heterocycles. The Morgan fingerprint density at radius 1 is 1.00 bits per heavy atom. The molecule has 2 aromatic rings. The Balaban J connectivity index is 0.00000169. The summed E-state index contributed by atoms with van der Waals surface area (Å²) in [4.78, 5) is 2.18. The number of anilines is 1. The minimum Gasteiger partial charge on any atom is -0.486 e. The molecule has 4 rings (SSSR count). The molecule has 4 heteroatoms. The van der Waals surface area contributed by atoms with Gasteiger partial charge in [0.25, 0.3) is 0 Å². The number of nitrogens with zero attached hydrogens (tertiary/aromatic N) is 2. The zero-order chi connectivity index (χ0) is 16.1. The quantitative estimate of drug-likeness (QED) is 0.376. The smallest absolute Gasteiger partial charge is 0.114 e. The van der Waals surface area contributed by atoms with Crippen LogP contribution in [0.15, 0.2) is 34.7 Å². The summed E-state index contributed by atoms with van der Waals surface area (Å²) in [6.07, 6.45) is 0. The molecule has 0 saturated carbocycles. The molecule has 127 valence electrons. The van der Waals surface area contributed by atoms with Gasteiger partial charge in [-0.2, -0.15) is 41.6 Å². The predicted octanol–water partition coefficient (Wildman–Crippen LogP) is 5.75. The molecule has 0 unspecified atom stereocenters. The fraction of sp³-hybridized carbons (Fsp3) is 0.300. The summed E-state index contributed by atoms with van der Waals surface area (Å²) in [7, 11) is 0. The Hall–Kier alpha value is -1.09. The first-order chi connectivity index (χ1) is 11.1. The van der Waals surface area contributed by atoms with E-state index in [-0.39, 0.29) is 20.1 Å². The molecule has 1 radical (unpaired) electrons. The van der Waals surface area contributed by atoms with Crippen molar-refractivity contribution in [3.05, 3.63) is 59.0 Å². The van der Waals surface area contributed by atoms with Crippen LogP contribution < -0.4 is 4.90 Å². The number of fused-ring (bicyclic) bond motifs is 6. The summed E-state index contributed by atoms with van der Waals surface area (Å²) in [5, 5.41) is 0. The maximum absolute atomic E-state index is 4.64. The Bertz CT molecular complexity index is 811. The van der Waals surface area contributed by atoms with Crippen molar-refractivity contribution in [2.24, 2.45) is 4.40 Å². The van der Waals surface area contributed by atoms with Crippen LogP contribution in [0.25, 0.3) is 11.1 Å².